The van der Waals surface area contributed by atoms with Gasteiger partial charge in [-0.25, -0.2) is 4.39 Å². The number of aryl methyl sites for hydroxylation is 1. The fourth-order valence-corrected chi connectivity index (χ4v) is 1.64. The molecule has 16 heavy (non-hydrogen) atoms. The zero-order chi connectivity index (χ0) is 12.1. The van der Waals surface area contributed by atoms with Crippen molar-refractivity contribution in [2.45, 2.75) is 38.9 Å². The maximum Gasteiger partial charge on any atom is 0.517 e. The number of halogens is 1. The van der Waals surface area contributed by atoms with Gasteiger partial charge in [-0.2, -0.15) is 5.10 Å². The first-order valence-electron chi connectivity index (χ1n) is 5.28. The van der Waals surface area contributed by atoms with Crippen LogP contribution in [0.5, 0.6) is 0 Å². The maximum absolute atomic E-state index is 13.5. The van der Waals surface area contributed by atoms with Crippen LogP contribution in [0.3, 0.4) is 0 Å². The number of hydrogen-bond acceptors (Lipinski definition) is 3. The average Bonchev–Trinajstić information content (AvgIpc) is 2.52. The van der Waals surface area contributed by atoms with Gasteiger partial charge >= 0.3 is 7.12 Å². The number of rotatable bonds is 1. The van der Waals surface area contributed by atoms with Gasteiger partial charge < -0.3 is 9.31 Å². The lowest BCUT2D eigenvalue weighted by atomic mass is 9.84. The first kappa shape index (κ1) is 11.6. The first-order valence-corrected chi connectivity index (χ1v) is 5.28. The first-order chi connectivity index (χ1) is 7.24. The molecule has 6 heteroatoms. The van der Waals surface area contributed by atoms with Crippen molar-refractivity contribution in [3.05, 3.63) is 12.0 Å². The second-order valence-corrected chi connectivity index (χ2v) is 5.09. The molecule has 1 aromatic rings. The van der Waals surface area contributed by atoms with Gasteiger partial charge in [0.25, 0.3) is 0 Å². The van der Waals surface area contributed by atoms with E-state index in [9.17, 15) is 4.39 Å². The van der Waals surface area contributed by atoms with Crippen LogP contribution in [0, 0.1) is 5.82 Å². The Morgan fingerprint density at radius 3 is 2.12 bits per heavy atom. The molecule has 0 radical (unpaired) electrons. The Balaban J connectivity index is 2.34. The summed E-state index contributed by atoms with van der Waals surface area (Å²) in [5, 5.41) is 3.84. The lowest BCUT2D eigenvalue weighted by molar-refractivity contribution is 0.00578. The lowest BCUT2D eigenvalue weighted by Gasteiger charge is -2.32. The fourth-order valence-electron chi connectivity index (χ4n) is 1.64. The molecule has 0 saturated carbocycles. The summed E-state index contributed by atoms with van der Waals surface area (Å²) in [6.45, 7) is 7.73. The number of nitrogens with zero attached hydrogens (tertiary/aromatic N) is 2. The number of aromatic nitrogens is 2. The zero-order valence-corrected chi connectivity index (χ0v) is 10.2. The highest BCUT2D eigenvalue weighted by Crippen LogP contribution is 2.36. The zero-order valence-electron chi connectivity index (χ0n) is 10.2. The molecule has 1 aromatic heterocycles. The van der Waals surface area contributed by atoms with Crippen molar-refractivity contribution >= 4 is 12.7 Å². The van der Waals surface area contributed by atoms with E-state index in [1.54, 1.807) is 7.05 Å². The molecular formula is C10H16BFN2O2. The van der Waals surface area contributed by atoms with Gasteiger partial charge in [-0.1, -0.05) is 0 Å². The molecule has 1 fully saturated rings. The highest BCUT2D eigenvalue weighted by atomic mass is 19.1. The Morgan fingerprint density at radius 1 is 1.25 bits per heavy atom. The molecule has 0 aliphatic carbocycles. The molecule has 2 rings (SSSR count). The SMILES string of the molecule is Cn1ncc(F)c1B1OC(C)(C)C(C)(C)O1. The average molecular weight is 226 g/mol. The molecular weight excluding hydrogens is 210 g/mol. The molecule has 88 valence electrons. The van der Waals surface area contributed by atoms with E-state index in [0.717, 1.165) is 0 Å². The van der Waals surface area contributed by atoms with Gasteiger partial charge in [0.05, 0.1) is 17.4 Å². The predicted molar refractivity (Wildman–Crippen MR) is 58.9 cm³/mol. The monoisotopic (exact) mass is 226 g/mol. The third-order valence-corrected chi connectivity index (χ3v) is 3.41. The molecule has 0 bridgehead atoms. The van der Waals surface area contributed by atoms with Crippen LogP contribution < -0.4 is 5.59 Å². The molecule has 0 aromatic carbocycles. The summed E-state index contributed by atoms with van der Waals surface area (Å²) < 4.78 is 26.5. The minimum Gasteiger partial charge on any atom is -0.398 e. The van der Waals surface area contributed by atoms with Gasteiger partial charge in [-0.15, -0.1) is 0 Å². The van der Waals surface area contributed by atoms with Crippen LogP contribution in [0.4, 0.5) is 4.39 Å². The van der Waals surface area contributed by atoms with Gasteiger partial charge in [0.2, 0.25) is 0 Å². The standard InChI is InChI=1S/C10H16BFN2O2/c1-9(2)10(3,4)16-11(15-9)8-7(12)6-13-14(8)5/h6H,1-5H3. The van der Waals surface area contributed by atoms with Crippen molar-refractivity contribution in [3.63, 3.8) is 0 Å². The molecule has 0 spiro atoms. The largest absolute Gasteiger partial charge is 0.517 e. The van der Waals surface area contributed by atoms with Gasteiger partial charge in [0.15, 0.2) is 5.82 Å². The summed E-state index contributed by atoms with van der Waals surface area (Å²) in [5.41, 5.74) is -0.596. The molecule has 0 atom stereocenters. The lowest BCUT2D eigenvalue weighted by Crippen LogP contribution is -2.41. The minimum absolute atomic E-state index is 0.332. The van der Waals surface area contributed by atoms with Crippen molar-refractivity contribution < 1.29 is 13.7 Å². The Labute approximate surface area is 94.9 Å². The van der Waals surface area contributed by atoms with Crippen molar-refractivity contribution in [2.24, 2.45) is 7.05 Å². The van der Waals surface area contributed by atoms with E-state index in [1.165, 1.54) is 10.9 Å². The Bertz CT molecular complexity index is 381. The summed E-state index contributed by atoms with van der Waals surface area (Å²) in [6, 6.07) is 0. The normalized spacial score (nSPS) is 22.8. The van der Waals surface area contributed by atoms with Crippen LogP contribution in [0.2, 0.25) is 0 Å². The van der Waals surface area contributed by atoms with E-state index >= 15 is 0 Å². The van der Waals surface area contributed by atoms with Crippen LogP contribution in [-0.4, -0.2) is 28.1 Å². The van der Waals surface area contributed by atoms with Gasteiger partial charge in [-0.05, 0) is 27.7 Å². The van der Waals surface area contributed by atoms with Crippen molar-refractivity contribution in [3.8, 4) is 0 Å². The third-order valence-electron chi connectivity index (χ3n) is 3.41. The molecule has 0 unspecified atom stereocenters. The molecule has 0 N–H and O–H groups in total. The summed E-state index contributed by atoms with van der Waals surface area (Å²) >= 11 is 0. The smallest absolute Gasteiger partial charge is 0.398 e. The van der Waals surface area contributed by atoms with Crippen molar-refractivity contribution in [2.75, 3.05) is 0 Å². The Morgan fingerprint density at radius 2 is 1.75 bits per heavy atom. The summed E-state index contributed by atoms with van der Waals surface area (Å²) in [5.74, 6) is -0.402. The highest BCUT2D eigenvalue weighted by molar-refractivity contribution is 6.61. The highest BCUT2D eigenvalue weighted by Gasteiger charge is 2.53. The van der Waals surface area contributed by atoms with Crippen LogP contribution >= 0.6 is 0 Å². The quantitative estimate of drug-likeness (QED) is 0.666. The van der Waals surface area contributed by atoms with E-state index in [0.29, 0.717) is 5.59 Å². The summed E-state index contributed by atoms with van der Waals surface area (Å²) in [6.07, 6.45) is 1.17. The second-order valence-electron chi connectivity index (χ2n) is 5.09. The van der Waals surface area contributed by atoms with Crippen LogP contribution in [0.15, 0.2) is 6.20 Å². The predicted octanol–water partition coefficient (Wildman–Crippen LogP) is 0.858. The second kappa shape index (κ2) is 3.31. The van der Waals surface area contributed by atoms with Gasteiger partial charge in [-0.3, -0.25) is 4.68 Å². The van der Waals surface area contributed by atoms with Crippen molar-refractivity contribution in [1.82, 2.24) is 9.78 Å². The molecule has 2 heterocycles. The topological polar surface area (TPSA) is 36.3 Å². The van der Waals surface area contributed by atoms with Gasteiger partial charge in [0, 0.05) is 7.05 Å². The van der Waals surface area contributed by atoms with Crippen LogP contribution in [-0.2, 0) is 16.4 Å². The molecule has 4 nitrogen and oxygen atoms in total. The van der Waals surface area contributed by atoms with Crippen molar-refractivity contribution in [1.29, 1.82) is 0 Å². The molecule has 1 saturated heterocycles. The minimum atomic E-state index is -0.697. The van der Waals surface area contributed by atoms with E-state index in [-0.39, 0.29) is 0 Å². The molecule has 0 amide bonds. The van der Waals surface area contributed by atoms with Crippen LogP contribution in [0.1, 0.15) is 27.7 Å². The van der Waals surface area contributed by atoms with E-state index < -0.39 is 24.1 Å². The summed E-state index contributed by atoms with van der Waals surface area (Å²) in [7, 11) is 0.973. The van der Waals surface area contributed by atoms with E-state index in [4.69, 9.17) is 9.31 Å². The van der Waals surface area contributed by atoms with Gasteiger partial charge in [0.1, 0.15) is 5.59 Å². The van der Waals surface area contributed by atoms with E-state index in [2.05, 4.69) is 5.10 Å². The van der Waals surface area contributed by atoms with E-state index in [1.807, 2.05) is 27.7 Å². The maximum atomic E-state index is 13.5. The third kappa shape index (κ3) is 1.56. The molecule has 1 aliphatic heterocycles. The van der Waals surface area contributed by atoms with Crippen LogP contribution in [0.25, 0.3) is 0 Å². The Hall–Kier alpha value is -0.875. The molecule has 1 aliphatic rings. The summed E-state index contributed by atoms with van der Waals surface area (Å²) in [4.78, 5) is 0. The fraction of sp³-hybridized carbons (Fsp3) is 0.700. The Kier molecular flexibility index (Phi) is 2.40. The number of hydrogen-bond donors (Lipinski definition) is 0.